The Hall–Kier alpha value is -3.50. The van der Waals surface area contributed by atoms with Gasteiger partial charge in [0.25, 0.3) is 0 Å². The van der Waals surface area contributed by atoms with Crippen LogP contribution in [0.2, 0.25) is 0 Å². The highest BCUT2D eigenvalue weighted by atomic mass is 32.1. The fourth-order valence-electron chi connectivity index (χ4n) is 3.65. The minimum atomic E-state index is 0.640. The first kappa shape index (κ1) is 17.6. The summed E-state index contributed by atoms with van der Waals surface area (Å²) in [7, 11) is 0. The second-order valence-corrected chi connectivity index (χ2v) is 7.91. The van der Waals surface area contributed by atoms with Gasteiger partial charge in [-0.2, -0.15) is 5.26 Å². The average Bonchev–Trinajstić information content (AvgIpc) is 3.24. The maximum absolute atomic E-state index is 9.12. The molecule has 1 saturated heterocycles. The molecule has 5 rings (SSSR count). The molecule has 0 amide bonds. The molecule has 1 fully saturated rings. The van der Waals surface area contributed by atoms with E-state index < -0.39 is 0 Å². The summed E-state index contributed by atoms with van der Waals surface area (Å²) in [5.41, 5.74) is 1.84. The summed E-state index contributed by atoms with van der Waals surface area (Å²) in [5, 5.41) is 10.2. The summed E-state index contributed by atoms with van der Waals surface area (Å²) >= 11 is 1.70. The third kappa shape index (κ3) is 3.39. The number of pyridine rings is 1. The van der Waals surface area contributed by atoms with Crippen LogP contribution in [0, 0.1) is 11.3 Å². The van der Waals surface area contributed by atoms with Gasteiger partial charge in [0.05, 0.1) is 17.0 Å². The van der Waals surface area contributed by atoms with Crippen molar-refractivity contribution in [1.82, 2.24) is 15.0 Å². The van der Waals surface area contributed by atoms with Crippen molar-refractivity contribution in [2.75, 3.05) is 36.0 Å². The number of hydrogen-bond acceptors (Lipinski definition) is 7. The topological polar surface area (TPSA) is 68.9 Å². The van der Waals surface area contributed by atoms with Gasteiger partial charge in [-0.05, 0) is 23.8 Å². The standard InChI is InChI=1S/C22H18N6S/c23-14-16-6-7-24-20(12-16)27-8-10-28(11-9-27)21-18-13-19(17-4-2-1-3-5-17)29-22(18)26-15-25-21/h1-7,12-13,15H,8-11H2. The highest BCUT2D eigenvalue weighted by Gasteiger charge is 2.22. The highest BCUT2D eigenvalue weighted by molar-refractivity contribution is 7.21. The molecule has 0 atom stereocenters. The van der Waals surface area contributed by atoms with E-state index in [9.17, 15) is 0 Å². The number of thiophene rings is 1. The van der Waals surface area contributed by atoms with Gasteiger partial charge < -0.3 is 9.80 Å². The van der Waals surface area contributed by atoms with Crippen LogP contribution < -0.4 is 9.80 Å². The molecule has 1 aliphatic rings. The van der Waals surface area contributed by atoms with Gasteiger partial charge in [0.1, 0.15) is 22.8 Å². The molecule has 0 N–H and O–H groups in total. The molecule has 6 nitrogen and oxygen atoms in total. The molecule has 0 aliphatic carbocycles. The summed E-state index contributed by atoms with van der Waals surface area (Å²) in [6, 6.07) is 18.4. The van der Waals surface area contributed by atoms with Gasteiger partial charge in [-0.3, -0.25) is 0 Å². The van der Waals surface area contributed by atoms with Crippen molar-refractivity contribution < 1.29 is 0 Å². The minimum absolute atomic E-state index is 0.640. The van der Waals surface area contributed by atoms with Crippen molar-refractivity contribution in [3.63, 3.8) is 0 Å². The normalized spacial score (nSPS) is 14.2. The Morgan fingerprint density at radius 1 is 0.897 bits per heavy atom. The first-order valence-electron chi connectivity index (χ1n) is 9.48. The molecule has 0 bridgehead atoms. The van der Waals surface area contributed by atoms with Gasteiger partial charge in [-0.25, -0.2) is 15.0 Å². The molecule has 0 spiro atoms. The Balaban J connectivity index is 1.39. The Bertz CT molecular complexity index is 1190. The first-order chi connectivity index (χ1) is 14.3. The Labute approximate surface area is 172 Å². The predicted molar refractivity (Wildman–Crippen MR) is 116 cm³/mol. The van der Waals surface area contributed by atoms with Crippen molar-refractivity contribution in [3.8, 4) is 16.5 Å². The largest absolute Gasteiger partial charge is 0.353 e. The molecule has 0 unspecified atom stereocenters. The van der Waals surface area contributed by atoms with Crippen molar-refractivity contribution in [1.29, 1.82) is 5.26 Å². The van der Waals surface area contributed by atoms with Crippen LogP contribution >= 0.6 is 11.3 Å². The quantitative estimate of drug-likeness (QED) is 0.520. The summed E-state index contributed by atoms with van der Waals surface area (Å²) in [6.07, 6.45) is 3.36. The molecule has 1 aromatic carbocycles. The third-order valence-corrected chi connectivity index (χ3v) is 6.24. The fraction of sp³-hybridized carbons (Fsp3) is 0.182. The zero-order valence-electron chi connectivity index (χ0n) is 15.7. The zero-order chi connectivity index (χ0) is 19.6. The molecule has 4 aromatic rings. The fourth-order valence-corrected chi connectivity index (χ4v) is 4.65. The van der Waals surface area contributed by atoms with E-state index in [2.05, 4.69) is 61.2 Å². The molecular weight excluding hydrogens is 380 g/mol. The van der Waals surface area contributed by atoms with Crippen molar-refractivity contribution in [2.24, 2.45) is 0 Å². The summed E-state index contributed by atoms with van der Waals surface area (Å²) in [4.78, 5) is 20.3. The van der Waals surface area contributed by atoms with E-state index in [1.807, 2.05) is 12.1 Å². The van der Waals surface area contributed by atoms with Crippen LogP contribution in [0.5, 0.6) is 0 Å². The van der Waals surface area contributed by atoms with Crippen LogP contribution in [-0.4, -0.2) is 41.1 Å². The number of hydrogen-bond donors (Lipinski definition) is 0. The van der Waals surface area contributed by atoms with Crippen LogP contribution in [0.15, 0.2) is 61.1 Å². The van der Waals surface area contributed by atoms with E-state index >= 15 is 0 Å². The lowest BCUT2D eigenvalue weighted by atomic mass is 10.2. The van der Waals surface area contributed by atoms with Crippen LogP contribution in [0.25, 0.3) is 20.7 Å². The van der Waals surface area contributed by atoms with E-state index in [-0.39, 0.29) is 0 Å². The maximum Gasteiger partial charge on any atom is 0.140 e. The number of aromatic nitrogens is 3. The molecule has 7 heteroatoms. The number of benzene rings is 1. The second kappa shape index (κ2) is 7.49. The van der Waals surface area contributed by atoms with Gasteiger partial charge in [-0.15, -0.1) is 11.3 Å². The molecule has 0 radical (unpaired) electrons. The monoisotopic (exact) mass is 398 g/mol. The van der Waals surface area contributed by atoms with E-state index in [1.54, 1.807) is 29.9 Å². The molecule has 0 saturated carbocycles. The Morgan fingerprint density at radius 3 is 2.48 bits per heavy atom. The maximum atomic E-state index is 9.12. The molecule has 142 valence electrons. The smallest absolute Gasteiger partial charge is 0.140 e. The number of nitrogens with zero attached hydrogens (tertiary/aromatic N) is 6. The van der Waals surface area contributed by atoms with E-state index in [0.29, 0.717) is 5.56 Å². The lowest BCUT2D eigenvalue weighted by Crippen LogP contribution is -2.47. The summed E-state index contributed by atoms with van der Waals surface area (Å²) < 4.78 is 0. The highest BCUT2D eigenvalue weighted by Crippen LogP contribution is 2.36. The molecule has 3 aromatic heterocycles. The van der Waals surface area contributed by atoms with Crippen molar-refractivity contribution in [2.45, 2.75) is 0 Å². The number of piperazine rings is 1. The molecular formula is C22H18N6S. The number of fused-ring (bicyclic) bond motifs is 1. The summed E-state index contributed by atoms with van der Waals surface area (Å²) in [5.74, 6) is 1.85. The molecule has 29 heavy (non-hydrogen) atoms. The lowest BCUT2D eigenvalue weighted by molar-refractivity contribution is 0.643. The zero-order valence-corrected chi connectivity index (χ0v) is 16.5. The van der Waals surface area contributed by atoms with Gasteiger partial charge >= 0.3 is 0 Å². The SMILES string of the molecule is N#Cc1ccnc(N2CCN(c3ncnc4sc(-c5ccccc5)cc34)CC2)c1. The van der Waals surface area contributed by atoms with E-state index in [4.69, 9.17) is 5.26 Å². The first-order valence-corrected chi connectivity index (χ1v) is 10.3. The van der Waals surface area contributed by atoms with E-state index in [1.165, 1.54) is 10.4 Å². The average molecular weight is 398 g/mol. The molecule has 1 aliphatic heterocycles. The van der Waals surface area contributed by atoms with Crippen molar-refractivity contribution in [3.05, 3.63) is 66.6 Å². The van der Waals surface area contributed by atoms with Crippen LogP contribution in [-0.2, 0) is 0 Å². The molecule has 4 heterocycles. The number of anilines is 2. The third-order valence-electron chi connectivity index (χ3n) is 5.14. The van der Waals surface area contributed by atoms with Gasteiger partial charge in [0, 0.05) is 37.3 Å². The van der Waals surface area contributed by atoms with Gasteiger partial charge in [-0.1, -0.05) is 30.3 Å². The van der Waals surface area contributed by atoms with Gasteiger partial charge in [0.15, 0.2) is 0 Å². The van der Waals surface area contributed by atoms with Gasteiger partial charge in [0.2, 0.25) is 0 Å². The number of nitriles is 1. The minimum Gasteiger partial charge on any atom is -0.353 e. The van der Waals surface area contributed by atoms with Crippen LogP contribution in [0.4, 0.5) is 11.6 Å². The Kier molecular flexibility index (Phi) is 4.54. The Morgan fingerprint density at radius 2 is 1.69 bits per heavy atom. The van der Waals surface area contributed by atoms with Crippen LogP contribution in [0.3, 0.4) is 0 Å². The van der Waals surface area contributed by atoms with E-state index in [0.717, 1.165) is 48.0 Å². The predicted octanol–water partition coefficient (Wildman–Crippen LogP) is 3.95. The van der Waals surface area contributed by atoms with Crippen molar-refractivity contribution >= 4 is 33.2 Å². The van der Waals surface area contributed by atoms with Crippen LogP contribution in [0.1, 0.15) is 5.56 Å². The second-order valence-electron chi connectivity index (χ2n) is 6.88. The number of rotatable bonds is 3. The lowest BCUT2D eigenvalue weighted by Gasteiger charge is -2.36. The summed E-state index contributed by atoms with van der Waals surface area (Å²) in [6.45, 7) is 3.37.